The largest absolute Gasteiger partial charge is 0.494 e. The van der Waals surface area contributed by atoms with Gasteiger partial charge in [0.05, 0.1) is 6.61 Å². The molecule has 0 N–H and O–H groups in total. The van der Waals surface area contributed by atoms with E-state index in [0.717, 1.165) is 18.6 Å². The predicted molar refractivity (Wildman–Crippen MR) is 73.0 cm³/mol. The second-order valence-corrected chi connectivity index (χ2v) is 5.01. The first kappa shape index (κ1) is 13.1. The number of hydrogen-bond acceptors (Lipinski definition) is 2. The van der Waals surface area contributed by atoms with Crippen molar-refractivity contribution in [3.63, 3.8) is 0 Å². The third-order valence-corrected chi connectivity index (χ3v) is 4.47. The standard InChI is InChI=1S/C16H22O2/c1-4-16(5-2)13(11-15(16)17)12-9-7-8-10-14(12)18-6-3/h7-10,13H,4-6,11H2,1-3H3. The van der Waals surface area contributed by atoms with Gasteiger partial charge in [0, 0.05) is 17.8 Å². The minimum absolute atomic E-state index is 0.146. The summed E-state index contributed by atoms with van der Waals surface area (Å²) in [6.45, 7) is 6.91. The number of Topliss-reactive ketones (excluding diaryl/α,β-unsaturated/α-hetero) is 1. The van der Waals surface area contributed by atoms with Gasteiger partial charge in [0.2, 0.25) is 0 Å². The maximum Gasteiger partial charge on any atom is 0.140 e. The highest BCUT2D eigenvalue weighted by Gasteiger charge is 2.53. The maximum atomic E-state index is 12.0. The van der Waals surface area contributed by atoms with Crippen molar-refractivity contribution in [3.8, 4) is 5.75 Å². The zero-order chi connectivity index (χ0) is 13.2. The number of benzene rings is 1. The Kier molecular flexibility index (Phi) is 3.74. The van der Waals surface area contributed by atoms with E-state index >= 15 is 0 Å². The number of ketones is 1. The van der Waals surface area contributed by atoms with Gasteiger partial charge in [-0.3, -0.25) is 4.79 Å². The zero-order valence-corrected chi connectivity index (χ0v) is 11.5. The number of hydrogen-bond donors (Lipinski definition) is 0. The van der Waals surface area contributed by atoms with Crippen molar-refractivity contribution in [2.75, 3.05) is 6.61 Å². The lowest BCUT2D eigenvalue weighted by atomic mass is 9.54. The van der Waals surface area contributed by atoms with Crippen molar-refractivity contribution < 1.29 is 9.53 Å². The third kappa shape index (κ3) is 1.84. The minimum atomic E-state index is -0.146. The molecular formula is C16H22O2. The van der Waals surface area contributed by atoms with Crippen molar-refractivity contribution in [1.82, 2.24) is 0 Å². The number of rotatable bonds is 5. The molecule has 1 saturated carbocycles. The summed E-state index contributed by atoms with van der Waals surface area (Å²) in [6, 6.07) is 8.16. The van der Waals surface area contributed by atoms with Gasteiger partial charge in [0.1, 0.15) is 11.5 Å². The van der Waals surface area contributed by atoms with E-state index in [1.165, 1.54) is 5.56 Å². The average molecular weight is 246 g/mol. The smallest absolute Gasteiger partial charge is 0.140 e. The summed E-state index contributed by atoms with van der Waals surface area (Å²) in [5.41, 5.74) is 1.07. The number of carbonyl (C=O) groups excluding carboxylic acids is 1. The van der Waals surface area contributed by atoms with E-state index in [2.05, 4.69) is 19.9 Å². The predicted octanol–water partition coefficient (Wildman–Crippen LogP) is 3.95. The monoisotopic (exact) mass is 246 g/mol. The Labute approximate surface area is 109 Å². The summed E-state index contributed by atoms with van der Waals surface area (Å²) in [5.74, 6) is 1.70. The lowest BCUT2D eigenvalue weighted by Gasteiger charge is -2.47. The fraction of sp³-hybridized carbons (Fsp3) is 0.562. The van der Waals surface area contributed by atoms with Crippen molar-refractivity contribution in [2.24, 2.45) is 5.41 Å². The Morgan fingerprint density at radius 1 is 1.22 bits per heavy atom. The average Bonchev–Trinajstić information content (AvgIpc) is 2.39. The summed E-state index contributed by atoms with van der Waals surface area (Å²) < 4.78 is 5.70. The first-order valence-electron chi connectivity index (χ1n) is 6.94. The van der Waals surface area contributed by atoms with Crippen LogP contribution in [0.5, 0.6) is 5.75 Å². The molecule has 0 amide bonds. The van der Waals surface area contributed by atoms with E-state index in [4.69, 9.17) is 4.74 Å². The number of carbonyl (C=O) groups is 1. The molecule has 18 heavy (non-hydrogen) atoms. The molecule has 0 spiro atoms. The van der Waals surface area contributed by atoms with E-state index < -0.39 is 0 Å². The summed E-state index contributed by atoms with van der Waals surface area (Å²) in [4.78, 5) is 12.0. The van der Waals surface area contributed by atoms with E-state index in [1.807, 2.05) is 25.1 Å². The number of ether oxygens (including phenoxy) is 1. The van der Waals surface area contributed by atoms with Crippen LogP contribution >= 0.6 is 0 Å². The Balaban J connectivity index is 2.35. The summed E-state index contributed by atoms with van der Waals surface area (Å²) >= 11 is 0. The van der Waals surface area contributed by atoms with Crippen LogP contribution in [-0.2, 0) is 4.79 Å². The summed E-state index contributed by atoms with van der Waals surface area (Å²) in [6.07, 6.45) is 2.52. The Hall–Kier alpha value is -1.31. The molecule has 1 fully saturated rings. The van der Waals surface area contributed by atoms with E-state index in [9.17, 15) is 4.79 Å². The molecule has 2 nitrogen and oxygen atoms in total. The molecular weight excluding hydrogens is 224 g/mol. The van der Waals surface area contributed by atoms with Crippen LogP contribution in [0.2, 0.25) is 0 Å². The second kappa shape index (κ2) is 5.13. The number of para-hydroxylation sites is 1. The van der Waals surface area contributed by atoms with Crippen LogP contribution in [0.3, 0.4) is 0 Å². The normalized spacial score (nSPS) is 21.5. The Bertz CT molecular complexity index is 432. The van der Waals surface area contributed by atoms with Gasteiger partial charge >= 0.3 is 0 Å². The molecule has 0 aliphatic heterocycles. The highest BCUT2D eigenvalue weighted by molar-refractivity contribution is 5.93. The van der Waals surface area contributed by atoms with Crippen molar-refractivity contribution >= 4 is 5.78 Å². The van der Waals surface area contributed by atoms with Gasteiger partial charge < -0.3 is 4.74 Å². The van der Waals surface area contributed by atoms with Crippen LogP contribution in [0.25, 0.3) is 0 Å². The molecule has 1 aliphatic carbocycles. The van der Waals surface area contributed by atoms with Gasteiger partial charge in [-0.25, -0.2) is 0 Å². The van der Waals surface area contributed by atoms with Crippen molar-refractivity contribution in [3.05, 3.63) is 29.8 Å². The van der Waals surface area contributed by atoms with E-state index in [0.29, 0.717) is 24.7 Å². The first-order valence-corrected chi connectivity index (χ1v) is 6.94. The second-order valence-electron chi connectivity index (χ2n) is 5.01. The molecule has 0 radical (unpaired) electrons. The SMILES string of the molecule is CCOc1ccccc1C1CC(=O)C1(CC)CC. The molecule has 2 rings (SSSR count). The fourth-order valence-corrected chi connectivity index (χ4v) is 3.25. The Morgan fingerprint density at radius 3 is 2.44 bits per heavy atom. The summed E-state index contributed by atoms with van der Waals surface area (Å²) in [7, 11) is 0. The van der Waals surface area contributed by atoms with Crippen molar-refractivity contribution in [1.29, 1.82) is 0 Å². The van der Waals surface area contributed by atoms with E-state index in [1.54, 1.807) is 0 Å². The highest BCUT2D eigenvalue weighted by atomic mass is 16.5. The third-order valence-electron chi connectivity index (χ3n) is 4.47. The van der Waals surface area contributed by atoms with Crippen LogP contribution in [0.15, 0.2) is 24.3 Å². The van der Waals surface area contributed by atoms with Crippen LogP contribution in [0.1, 0.15) is 51.5 Å². The van der Waals surface area contributed by atoms with Crippen LogP contribution < -0.4 is 4.74 Å². The maximum absolute atomic E-state index is 12.0. The molecule has 1 atom stereocenters. The molecule has 1 unspecified atom stereocenters. The molecule has 1 aliphatic rings. The van der Waals surface area contributed by atoms with E-state index in [-0.39, 0.29) is 5.41 Å². The van der Waals surface area contributed by atoms with Crippen LogP contribution in [0.4, 0.5) is 0 Å². The van der Waals surface area contributed by atoms with Gasteiger partial charge in [-0.2, -0.15) is 0 Å². The van der Waals surface area contributed by atoms with Gasteiger partial charge in [-0.05, 0) is 31.4 Å². The molecule has 98 valence electrons. The lowest BCUT2D eigenvalue weighted by molar-refractivity contribution is -0.141. The minimum Gasteiger partial charge on any atom is -0.494 e. The molecule has 1 aromatic rings. The van der Waals surface area contributed by atoms with Gasteiger partial charge in [0.25, 0.3) is 0 Å². The van der Waals surface area contributed by atoms with Crippen molar-refractivity contribution in [2.45, 2.75) is 46.0 Å². The Morgan fingerprint density at radius 2 is 1.89 bits per heavy atom. The van der Waals surface area contributed by atoms with Gasteiger partial charge in [-0.15, -0.1) is 0 Å². The highest BCUT2D eigenvalue weighted by Crippen LogP contribution is 2.56. The molecule has 0 aromatic heterocycles. The molecule has 0 bridgehead atoms. The first-order chi connectivity index (χ1) is 8.69. The quantitative estimate of drug-likeness (QED) is 0.786. The van der Waals surface area contributed by atoms with Gasteiger partial charge in [-0.1, -0.05) is 32.0 Å². The van der Waals surface area contributed by atoms with Gasteiger partial charge in [0.15, 0.2) is 0 Å². The molecule has 2 heteroatoms. The lowest BCUT2D eigenvalue weighted by Crippen LogP contribution is -2.47. The zero-order valence-electron chi connectivity index (χ0n) is 11.5. The van der Waals surface area contributed by atoms with Crippen LogP contribution in [-0.4, -0.2) is 12.4 Å². The molecule has 0 heterocycles. The molecule has 1 aromatic carbocycles. The topological polar surface area (TPSA) is 26.3 Å². The fourth-order valence-electron chi connectivity index (χ4n) is 3.25. The molecule has 0 saturated heterocycles. The van der Waals surface area contributed by atoms with Crippen LogP contribution in [0, 0.1) is 5.41 Å². The summed E-state index contributed by atoms with van der Waals surface area (Å²) in [5, 5.41) is 0.